The highest BCUT2D eigenvalue weighted by Crippen LogP contribution is 2.27. The summed E-state index contributed by atoms with van der Waals surface area (Å²) in [6, 6.07) is 17.9. The molecule has 21 heavy (non-hydrogen) atoms. The van der Waals surface area contributed by atoms with Gasteiger partial charge in [0.2, 0.25) is 0 Å². The molecule has 0 heterocycles. The van der Waals surface area contributed by atoms with Gasteiger partial charge >= 0.3 is 0 Å². The van der Waals surface area contributed by atoms with E-state index in [-0.39, 0.29) is 11.9 Å². The van der Waals surface area contributed by atoms with Crippen LogP contribution >= 0.6 is 0 Å². The summed E-state index contributed by atoms with van der Waals surface area (Å²) in [6.45, 7) is 6.57. The Morgan fingerprint density at radius 3 is 2.05 bits per heavy atom. The van der Waals surface area contributed by atoms with Gasteiger partial charge in [-0.25, -0.2) is 4.39 Å². The van der Waals surface area contributed by atoms with Crippen LogP contribution in [-0.2, 0) is 0 Å². The first-order chi connectivity index (χ1) is 10.1. The fraction of sp³-hybridized carbons (Fsp3) is 0.368. The Bertz CT molecular complexity index is 533. The molecule has 0 saturated heterocycles. The van der Waals surface area contributed by atoms with Gasteiger partial charge in [0.1, 0.15) is 5.82 Å². The molecule has 0 spiro atoms. The summed E-state index contributed by atoms with van der Waals surface area (Å²) in [5.74, 6) is 0.254. The molecule has 0 amide bonds. The van der Waals surface area contributed by atoms with Crippen LogP contribution in [0, 0.1) is 11.7 Å². The molecule has 0 aliphatic carbocycles. The van der Waals surface area contributed by atoms with Crippen molar-refractivity contribution in [1.82, 2.24) is 5.32 Å². The maximum Gasteiger partial charge on any atom is 0.123 e. The molecule has 2 aromatic rings. The minimum atomic E-state index is -0.184. The van der Waals surface area contributed by atoms with Gasteiger partial charge in [-0.05, 0) is 35.6 Å². The first kappa shape index (κ1) is 15.7. The fourth-order valence-corrected chi connectivity index (χ4v) is 2.70. The van der Waals surface area contributed by atoms with E-state index in [9.17, 15) is 4.39 Å². The van der Waals surface area contributed by atoms with Gasteiger partial charge in [0.05, 0.1) is 0 Å². The quantitative estimate of drug-likeness (QED) is 0.763. The number of nitrogens with one attached hydrogen (secondary N) is 1. The summed E-state index contributed by atoms with van der Waals surface area (Å²) >= 11 is 0. The van der Waals surface area contributed by atoms with Crippen LogP contribution < -0.4 is 5.32 Å². The number of halogens is 1. The lowest BCUT2D eigenvalue weighted by molar-refractivity contribution is 0.356. The zero-order chi connectivity index (χ0) is 15.2. The van der Waals surface area contributed by atoms with E-state index in [0.29, 0.717) is 12.0 Å². The van der Waals surface area contributed by atoms with E-state index in [1.165, 1.54) is 17.7 Å². The molecule has 1 nitrogen and oxygen atoms in total. The molecule has 0 aromatic heterocycles. The fourth-order valence-electron chi connectivity index (χ4n) is 2.70. The van der Waals surface area contributed by atoms with Gasteiger partial charge in [-0.3, -0.25) is 0 Å². The highest BCUT2D eigenvalue weighted by atomic mass is 19.1. The van der Waals surface area contributed by atoms with Gasteiger partial charge in [0.15, 0.2) is 0 Å². The van der Waals surface area contributed by atoms with E-state index in [4.69, 9.17) is 0 Å². The van der Waals surface area contributed by atoms with Crippen molar-refractivity contribution in [2.24, 2.45) is 5.92 Å². The normalized spacial score (nSPS) is 14.1. The summed E-state index contributed by atoms with van der Waals surface area (Å²) in [6.07, 6.45) is 1.02. The Morgan fingerprint density at radius 1 is 0.905 bits per heavy atom. The van der Waals surface area contributed by atoms with Gasteiger partial charge in [-0.15, -0.1) is 0 Å². The van der Waals surface area contributed by atoms with Gasteiger partial charge in [-0.1, -0.05) is 63.2 Å². The van der Waals surface area contributed by atoms with Crippen LogP contribution in [0.4, 0.5) is 4.39 Å². The highest BCUT2D eigenvalue weighted by Gasteiger charge is 2.20. The highest BCUT2D eigenvalue weighted by molar-refractivity contribution is 5.23. The van der Waals surface area contributed by atoms with Crippen molar-refractivity contribution < 1.29 is 4.39 Å². The Hall–Kier alpha value is -1.67. The average Bonchev–Trinajstić information content (AvgIpc) is 2.50. The molecule has 2 atom stereocenters. The van der Waals surface area contributed by atoms with Crippen molar-refractivity contribution in [3.63, 3.8) is 0 Å². The molecule has 0 bridgehead atoms. The molecule has 0 saturated carbocycles. The third-order valence-electron chi connectivity index (χ3n) is 3.89. The van der Waals surface area contributed by atoms with Crippen molar-refractivity contribution in [2.75, 3.05) is 0 Å². The van der Waals surface area contributed by atoms with E-state index in [2.05, 4.69) is 50.4 Å². The summed E-state index contributed by atoms with van der Waals surface area (Å²) < 4.78 is 13.1. The molecule has 2 rings (SSSR count). The number of hydrogen-bond acceptors (Lipinski definition) is 1. The van der Waals surface area contributed by atoms with E-state index in [1.54, 1.807) is 0 Å². The minimum absolute atomic E-state index is 0.184. The third-order valence-corrected chi connectivity index (χ3v) is 3.89. The first-order valence-corrected chi connectivity index (χ1v) is 7.68. The maximum atomic E-state index is 13.1. The zero-order valence-electron chi connectivity index (χ0n) is 13.0. The SMILES string of the molecule is CCC(NC(c1ccc(F)cc1)C(C)C)c1ccccc1. The monoisotopic (exact) mass is 285 g/mol. The molecule has 2 aromatic carbocycles. The second-order valence-corrected chi connectivity index (χ2v) is 5.81. The predicted octanol–water partition coefficient (Wildman–Crippen LogP) is 5.26. The van der Waals surface area contributed by atoms with Crippen LogP contribution in [0.2, 0.25) is 0 Å². The second-order valence-electron chi connectivity index (χ2n) is 5.81. The molecule has 0 radical (unpaired) electrons. The topological polar surface area (TPSA) is 12.0 Å². The van der Waals surface area contributed by atoms with Crippen molar-refractivity contribution in [2.45, 2.75) is 39.3 Å². The van der Waals surface area contributed by atoms with Gasteiger partial charge in [0.25, 0.3) is 0 Å². The van der Waals surface area contributed by atoms with Crippen LogP contribution in [-0.4, -0.2) is 0 Å². The molecular weight excluding hydrogens is 261 g/mol. The van der Waals surface area contributed by atoms with Crippen LogP contribution in [0.25, 0.3) is 0 Å². The van der Waals surface area contributed by atoms with E-state index < -0.39 is 0 Å². The largest absolute Gasteiger partial charge is 0.303 e. The van der Waals surface area contributed by atoms with Crippen molar-refractivity contribution >= 4 is 0 Å². The van der Waals surface area contributed by atoms with Crippen molar-refractivity contribution in [1.29, 1.82) is 0 Å². The molecular formula is C19H24FN. The van der Waals surface area contributed by atoms with Crippen LogP contribution in [0.3, 0.4) is 0 Å². The summed E-state index contributed by atoms with van der Waals surface area (Å²) in [5.41, 5.74) is 2.44. The first-order valence-electron chi connectivity index (χ1n) is 7.68. The van der Waals surface area contributed by atoms with Gasteiger partial charge in [0, 0.05) is 12.1 Å². The molecule has 0 aliphatic rings. The predicted molar refractivity (Wildman–Crippen MR) is 86.6 cm³/mol. The summed E-state index contributed by atoms with van der Waals surface area (Å²) in [7, 11) is 0. The number of benzene rings is 2. The lowest BCUT2D eigenvalue weighted by Crippen LogP contribution is -2.29. The molecule has 112 valence electrons. The van der Waals surface area contributed by atoms with E-state index in [0.717, 1.165) is 12.0 Å². The smallest absolute Gasteiger partial charge is 0.123 e. The number of rotatable bonds is 6. The van der Waals surface area contributed by atoms with Gasteiger partial charge in [-0.2, -0.15) is 0 Å². The second kappa shape index (κ2) is 7.37. The Balaban J connectivity index is 2.21. The Morgan fingerprint density at radius 2 is 1.52 bits per heavy atom. The lowest BCUT2D eigenvalue weighted by atomic mass is 9.93. The number of hydrogen-bond donors (Lipinski definition) is 1. The van der Waals surface area contributed by atoms with Crippen molar-refractivity contribution in [3.8, 4) is 0 Å². The van der Waals surface area contributed by atoms with E-state index in [1.807, 2.05) is 18.2 Å². The molecule has 0 fully saturated rings. The Labute approximate surface area is 127 Å². The third kappa shape index (κ3) is 4.15. The van der Waals surface area contributed by atoms with Crippen LogP contribution in [0.5, 0.6) is 0 Å². The minimum Gasteiger partial charge on any atom is -0.303 e. The van der Waals surface area contributed by atoms with E-state index >= 15 is 0 Å². The maximum absolute atomic E-state index is 13.1. The lowest BCUT2D eigenvalue weighted by Gasteiger charge is -2.28. The molecule has 1 N–H and O–H groups in total. The van der Waals surface area contributed by atoms with Crippen molar-refractivity contribution in [3.05, 3.63) is 71.5 Å². The Kier molecular flexibility index (Phi) is 5.51. The standard InChI is InChI=1S/C19H24FN/c1-4-18(15-8-6-5-7-9-15)21-19(14(2)3)16-10-12-17(20)13-11-16/h5-14,18-19,21H,4H2,1-3H3. The molecule has 2 unspecified atom stereocenters. The van der Waals surface area contributed by atoms with Crippen LogP contribution in [0.15, 0.2) is 54.6 Å². The average molecular weight is 285 g/mol. The van der Waals surface area contributed by atoms with Gasteiger partial charge < -0.3 is 5.32 Å². The van der Waals surface area contributed by atoms with Crippen LogP contribution in [0.1, 0.15) is 50.4 Å². The molecule has 2 heteroatoms. The zero-order valence-corrected chi connectivity index (χ0v) is 13.0. The molecule has 0 aliphatic heterocycles. The summed E-state index contributed by atoms with van der Waals surface area (Å²) in [5, 5.41) is 3.73. The summed E-state index contributed by atoms with van der Waals surface area (Å²) in [4.78, 5) is 0.